The molecule has 0 N–H and O–H groups in total. The number of carbonyl (C=O) groups is 1. The lowest BCUT2D eigenvalue weighted by molar-refractivity contribution is -0.127. The van der Waals surface area contributed by atoms with Gasteiger partial charge in [0.2, 0.25) is 5.91 Å². The molecular weight excluding hydrogens is 357 g/mol. The highest BCUT2D eigenvalue weighted by atomic mass is 35.5. The molecule has 1 amide bonds. The van der Waals surface area contributed by atoms with Gasteiger partial charge in [-0.25, -0.2) is 0 Å². The van der Waals surface area contributed by atoms with Crippen molar-refractivity contribution in [2.24, 2.45) is 0 Å². The molecule has 0 radical (unpaired) electrons. The maximum atomic E-state index is 12.3. The number of piperazine rings is 1. The topological polar surface area (TPSA) is 36.4 Å². The average Bonchev–Trinajstić information content (AvgIpc) is 2.64. The lowest BCUT2D eigenvalue weighted by Crippen LogP contribution is -2.47. The van der Waals surface area contributed by atoms with Crippen LogP contribution in [0.5, 0.6) is 0 Å². The lowest BCUT2D eigenvalue weighted by Gasteiger charge is -2.34. The minimum atomic E-state index is 0.0172. The van der Waals surface area contributed by atoms with Gasteiger partial charge in [-0.3, -0.25) is 14.7 Å². The van der Waals surface area contributed by atoms with E-state index in [9.17, 15) is 4.79 Å². The van der Waals surface area contributed by atoms with E-state index >= 15 is 0 Å². The van der Waals surface area contributed by atoms with Crippen molar-refractivity contribution in [2.45, 2.75) is 6.54 Å². The molecule has 25 heavy (non-hydrogen) atoms. The minimum Gasteiger partial charge on any atom is -0.337 e. The zero-order valence-electron chi connectivity index (χ0n) is 13.7. The van der Waals surface area contributed by atoms with Gasteiger partial charge in [-0.05, 0) is 35.9 Å². The summed E-state index contributed by atoms with van der Waals surface area (Å²) in [6.45, 7) is 3.96. The predicted octanol–water partition coefficient (Wildman–Crippen LogP) is 3.75. The Balaban J connectivity index is 1.51. The van der Waals surface area contributed by atoms with Crippen molar-refractivity contribution in [2.75, 3.05) is 26.2 Å². The van der Waals surface area contributed by atoms with E-state index in [-0.39, 0.29) is 5.91 Å². The van der Waals surface area contributed by atoms with Crippen molar-refractivity contribution in [3.8, 4) is 0 Å². The first-order chi connectivity index (χ1) is 12.1. The molecule has 0 bridgehead atoms. The molecule has 1 aromatic carbocycles. The van der Waals surface area contributed by atoms with E-state index in [2.05, 4.69) is 9.88 Å². The molecule has 6 heteroatoms. The molecule has 1 aliphatic heterocycles. The Hall–Kier alpha value is -1.88. The summed E-state index contributed by atoms with van der Waals surface area (Å²) < 4.78 is 0. The van der Waals surface area contributed by atoms with E-state index < -0.39 is 0 Å². The fourth-order valence-corrected chi connectivity index (χ4v) is 3.04. The number of halogens is 2. The van der Waals surface area contributed by atoms with Crippen LogP contribution in [0.3, 0.4) is 0 Å². The summed E-state index contributed by atoms with van der Waals surface area (Å²) in [6, 6.07) is 11.2. The zero-order valence-corrected chi connectivity index (χ0v) is 15.2. The van der Waals surface area contributed by atoms with Crippen LogP contribution in [0.4, 0.5) is 0 Å². The molecule has 0 unspecified atom stereocenters. The molecule has 4 nitrogen and oxygen atoms in total. The number of hydrogen-bond acceptors (Lipinski definition) is 3. The van der Waals surface area contributed by atoms with Crippen LogP contribution in [0, 0.1) is 0 Å². The number of hydrogen-bond donors (Lipinski definition) is 0. The summed E-state index contributed by atoms with van der Waals surface area (Å²) in [5.74, 6) is 0.0172. The molecule has 1 aromatic heterocycles. The van der Waals surface area contributed by atoms with Gasteiger partial charge in [-0.2, -0.15) is 0 Å². The number of nitrogens with zero attached hydrogens (tertiary/aromatic N) is 3. The molecular formula is C19H19Cl2N3O. The number of pyridine rings is 1. The van der Waals surface area contributed by atoms with Crippen molar-refractivity contribution < 1.29 is 4.79 Å². The predicted molar refractivity (Wildman–Crippen MR) is 102 cm³/mol. The summed E-state index contributed by atoms with van der Waals surface area (Å²) in [5, 5.41) is 0.994. The van der Waals surface area contributed by atoms with Crippen molar-refractivity contribution in [3.05, 3.63) is 70.0 Å². The molecule has 1 saturated heterocycles. The second kappa shape index (κ2) is 8.48. The van der Waals surface area contributed by atoms with Gasteiger partial charge in [0.15, 0.2) is 0 Å². The maximum Gasteiger partial charge on any atom is 0.246 e. The van der Waals surface area contributed by atoms with Gasteiger partial charge in [0.1, 0.15) is 0 Å². The van der Waals surface area contributed by atoms with E-state index in [0.717, 1.165) is 44.0 Å². The highest BCUT2D eigenvalue weighted by Gasteiger charge is 2.19. The van der Waals surface area contributed by atoms with Gasteiger partial charge in [-0.1, -0.05) is 35.3 Å². The van der Waals surface area contributed by atoms with Crippen LogP contribution in [0.1, 0.15) is 11.3 Å². The Kier molecular flexibility index (Phi) is 6.08. The highest BCUT2D eigenvalue weighted by molar-refractivity contribution is 6.42. The molecule has 0 spiro atoms. The molecule has 0 saturated carbocycles. The number of amides is 1. The standard InChI is InChI=1S/C19H19Cl2N3O/c20-17-6-4-15(13-18(17)21)5-7-19(25)24-11-9-23(10-12-24)14-16-3-1-2-8-22-16/h1-8,13H,9-12,14H2/b7-5+. The Morgan fingerprint density at radius 1 is 1.08 bits per heavy atom. The van der Waals surface area contributed by atoms with Crippen molar-refractivity contribution >= 4 is 35.2 Å². The monoisotopic (exact) mass is 375 g/mol. The van der Waals surface area contributed by atoms with Crippen LogP contribution in [0.15, 0.2) is 48.7 Å². The maximum absolute atomic E-state index is 12.3. The third-order valence-electron chi connectivity index (χ3n) is 4.16. The minimum absolute atomic E-state index is 0.0172. The van der Waals surface area contributed by atoms with Crippen molar-refractivity contribution in [3.63, 3.8) is 0 Å². The second-order valence-corrected chi connectivity index (χ2v) is 6.74. The highest BCUT2D eigenvalue weighted by Crippen LogP contribution is 2.23. The molecule has 0 atom stereocenters. The normalized spacial score (nSPS) is 15.7. The van der Waals surface area contributed by atoms with Crippen LogP contribution >= 0.6 is 23.2 Å². The Morgan fingerprint density at radius 2 is 1.88 bits per heavy atom. The Morgan fingerprint density at radius 3 is 2.56 bits per heavy atom. The van der Waals surface area contributed by atoms with Crippen molar-refractivity contribution in [1.82, 2.24) is 14.8 Å². The average molecular weight is 376 g/mol. The quantitative estimate of drug-likeness (QED) is 0.763. The lowest BCUT2D eigenvalue weighted by atomic mass is 10.2. The second-order valence-electron chi connectivity index (χ2n) is 5.93. The van der Waals surface area contributed by atoms with Gasteiger partial charge >= 0.3 is 0 Å². The summed E-state index contributed by atoms with van der Waals surface area (Å²) in [4.78, 5) is 20.9. The first-order valence-corrected chi connectivity index (χ1v) is 8.92. The van der Waals surface area contributed by atoms with Crippen molar-refractivity contribution in [1.29, 1.82) is 0 Å². The first-order valence-electron chi connectivity index (χ1n) is 8.16. The fourth-order valence-electron chi connectivity index (χ4n) is 2.74. The van der Waals surface area contributed by atoms with Gasteiger partial charge in [0.05, 0.1) is 15.7 Å². The number of benzene rings is 1. The van der Waals surface area contributed by atoms with E-state index in [0.29, 0.717) is 10.0 Å². The third kappa shape index (κ3) is 5.05. The van der Waals surface area contributed by atoms with Gasteiger partial charge in [0.25, 0.3) is 0 Å². The molecule has 2 heterocycles. The number of rotatable bonds is 4. The van der Waals surface area contributed by atoms with Crippen LogP contribution < -0.4 is 0 Å². The largest absolute Gasteiger partial charge is 0.337 e. The van der Waals surface area contributed by atoms with Gasteiger partial charge < -0.3 is 4.90 Å². The number of aromatic nitrogens is 1. The smallest absolute Gasteiger partial charge is 0.246 e. The van der Waals surface area contributed by atoms with Crippen LogP contribution in [-0.4, -0.2) is 46.9 Å². The molecule has 1 fully saturated rings. The van der Waals surface area contributed by atoms with Crippen LogP contribution in [0.2, 0.25) is 10.0 Å². The van der Waals surface area contributed by atoms with Crippen LogP contribution in [0.25, 0.3) is 6.08 Å². The van der Waals surface area contributed by atoms with E-state index in [1.165, 1.54) is 0 Å². The summed E-state index contributed by atoms with van der Waals surface area (Å²) in [5.41, 5.74) is 1.92. The first kappa shape index (κ1) is 17.9. The Labute approximate surface area is 157 Å². The SMILES string of the molecule is O=C(/C=C/c1ccc(Cl)c(Cl)c1)N1CCN(Cc2ccccn2)CC1. The molecule has 130 valence electrons. The van der Waals surface area contributed by atoms with E-state index in [4.69, 9.17) is 23.2 Å². The molecule has 1 aliphatic rings. The fraction of sp³-hybridized carbons (Fsp3) is 0.263. The third-order valence-corrected chi connectivity index (χ3v) is 4.90. The van der Waals surface area contributed by atoms with E-state index in [1.807, 2.05) is 35.4 Å². The van der Waals surface area contributed by atoms with E-state index in [1.54, 1.807) is 24.3 Å². The summed E-state index contributed by atoms with van der Waals surface area (Å²) in [7, 11) is 0. The summed E-state index contributed by atoms with van der Waals surface area (Å²) >= 11 is 11.9. The van der Waals surface area contributed by atoms with Crippen LogP contribution in [-0.2, 0) is 11.3 Å². The van der Waals surface area contributed by atoms with Gasteiger partial charge in [-0.15, -0.1) is 0 Å². The molecule has 3 rings (SSSR count). The van der Waals surface area contributed by atoms with Gasteiger partial charge in [0, 0.05) is 45.0 Å². The Bertz CT molecular complexity index is 757. The zero-order chi connectivity index (χ0) is 17.6. The number of carbonyl (C=O) groups excluding carboxylic acids is 1. The molecule has 0 aliphatic carbocycles. The summed E-state index contributed by atoms with van der Waals surface area (Å²) in [6.07, 6.45) is 5.17. The molecule has 2 aromatic rings.